The van der Waals surface area contributed by atoms with Gasteiger partial charge in [-0.15, -0.1) is 0 Å². The molecule has 2 N–H and O–H groups in total. The molecule has 1 aromatic carbocycles. The first-order chi connectivity index (χ1) is 13.3. The molecule has 2 atom stereocenters. The number of aliphatic carboxylic acids is 1. The Hall–Kier alpha value is -3.49. The van der Waals surface area contributed by atoms with Gasteiger partial charge in [0.15, 0.2) is 5.92 Å². The normalized spacial score (nSPS) is 12.9. The van der Waals surface area contributed by atoms with E-state index in [2.05, 4.69) is 19.8 Å². The first-order valence-corrected chi connectivity index (χ1v) is 8.34. The Morgan fingerprint density at radius 1 is 1.04 bits per heavy atom. The Labute approximate surface area is 160 Å². The molecule has 1 aromatic heterocycles. The summed E-state index contributed by atoms with van der Waals surface area (Å²) < 4.78 is 9.16. The molecule has 9 heteroatoms. The molecular weight excluding hydrogens is 368 g/mol. The van der Waals surface area contributed by atoms with Crippen LogP contribution in [0.5, 0.6) is 0 Å². The fraction of sp³-hybridized carbons (Fsp3) is 0.316. The molecule has 0 saturated heterocycles. The van der Waals surface area contributed by atoms with Crippen molar-refractivity contribution in [3.63, 3.8) is 0 Å². The van der Waals surface area contributed by atoms with Crippen molar-refractivity contribution in [1.29, 1.82) is 0 Å². The van der Waals surface area contributed by atoms with Crippen molar-refractivity contribution >= 4 is 34.7 Å². The summed E-state index contributed by atoms with van der Waals surface area (Å²) >= 11 is 0. The van der Waals surface area contributed by atoms with Gasteiger partial charge in [-0.2, -0.15) is 0 Å². The molecule has 148 valence electrons. The van der Waals surface area contributed by atoms with Gasteiger partial charge in [0.2, 0.25) is 0 Å². The Kier molecular flexibility index (Phi) is 6.64. The average Bonchev–Trinajstić information content (AvgIpc) is 2.70. The summed E-state index contributed by atoms with van der Waals surface area (Å²) in [5.41, 5.74) is 0.570. The van der Waals surface area contributed by atoms with Gasteiger partial charge in [-0.25, -0.2) is 4.79 Å². The van der Waals surface area contributed by atoms with Gasteiger partial charge in [0, 0.05) is 17.5 Å². The van der Waals surface area contributed by atoms with Crippen LogP contribution in [-0.4, -0.2) is 54.2 Å². The number of ether oxygens (including phenoxy) is 2. The van der Waals surface area contributed by atoms with Crippen LogP contribution in [0.3, 0.4) is 0 Å². The molecule has 0 radical (unpaired) electrons. The zero-order chi connectivity index (χ0) is 20.8. The van der Waals surface area contributed by atoms with Crippen molar-refractivity contribution in [2.75, 3.05) is 14.2 Å². The second-order valence-corrected chi connectivity index (χ2v) is 6.05. The van der Waals surface area contributed by atoms with E-state index in [4.69, 9.17) is 0 Å². The van der Waals surface area contributed by atoms with Crippen LogP contribution in [-0.2, 0) is 23.9 Å². The number of nitrogens with one attached hydrogen (secondary N) is 1. The molecule has 9 nitrogen and oxygen atoms in total. The van der Waals surface area contributed by atoms with E-state index >= 15 is 0 Å². The van der Waals surface area contributed by atoms with Crippen molar-refractivity contribution in [3.8, 4) is 0 Å². The number of fused-ring (bicyclic) bond motifs is 1. The third-order valence-corrected chi connectivity index (χ3v) is 4.39. The predicted molar refractivity (Wildman–Crippen MR) is 97.3 cm³/mol. The van der Waals surface area contributed by atoms with Gasteiger partial charge in [-0.1, -0.05) is 25.1 Å². The number of nitrogens with zero attached hydrogens (tertiary/aromatic N) is 1. The first-order valence-electron chi connectivity index (χ1n) is 8.34. The molecule has 0 aliphatic carbocycles. The van der Waals surface area contributed by atoms with E-state index < -0.39 is 41.7 Å². The first kappa shape index (κ1) is 20.8. The summed E-state index contributed by atoms with van der Waals surface area (Å²) in [6, 6.07) is 6.84. The minimum Gasteiger partial charge on any atom is -0.480 e. The van der Waals surface area contributed by atoms with Crippen LogP contribution in [0.4, 0.5) is 0 Å². The minimum absolute atomic E-state index is 0.171. The lowest BCUT2D eigenvalue weighted by Gasteiger charge is -2.26. The van der Waals surface area contributed by atoms with E-state index in [1.165, 1.54) is 19.2 Å². The second kappa shape index (κ2) is 8.94. The van der Waals surface area contributed by atoms with E-state index in [9.17, 15) is 24.3 Å². The van der Waals surface area contributed by atoms with Crippen molar-refractivity contribution in [2.24, 2.45) is 11.8 Å². The average molecular weight is 388 g/mol. The van der Waals surface area contributed by atoms with Crippen LogP contribution >= 0.6 is 0 Å². The zero-order valence-corrected chi connectivity index (χ0v) is 15.5. The maximum atomic E-state index is 12.7. The van der Waals surface area contributed by atoms with E-state index in [0.29, 0.717) is 10.9 Å². The number of methoxy groups -OCH3 is 2. The third-order valence-electron chi connectivity index (χ3n) is 4.39. The van der Waals surface area contributed by atoms with Gasteiger partial charge in [0.05, 0.1) is 25.3 Å². The minimum atomic E-state index is -1.55. The number of hydrogen-bond acceptors (Lipinski definition) is 7. The molecule has 0 unspecified atom stereocenters. The lowest BCUT2D eigenvalue weighted by atomic mass is 9.87. The second-order valence-electron chi connectivity index (χ2n) is 6.05. The van der Waals surface area contributed by atoms with Crippen molar-refractivity contribution in [2.45, 2.75) is 13.0 Å². The van der Waals surface area contributed by atoms with Crippen LogP contribution in [0.25, 0.3) is 10.9 Å². The molecule has 28 heavy (non-hydrogen) atoms. The third kappa shape index (κ3) is 4.25. The summed E-state index contributed by atoms with van der Waals surface area (Å²) in [6.45, 7) is 1.35. The largest absolute Gasteiger partial charge is 0.480 e. The lowest BCUT2D eigenvalue weighted by molar-refractivity contribution is -0.162. The number of aromatic nitrogens is 1. The van der Waals surface area contributed by atoms with Crippen LogP contribution in [0.1, 0.15) is 17.3 Å². The van der Waals surface area contributed by atoms with Crippen molar-refractivity contribution in [1.82, 2.24) is 10.3 Å². The monoisotopic (exact) mass is 388 g/mol. The van der Waals surface area contributed by atoms with E-state index in [-0.39, 0.29) is 5.56 Å². The summed E-state index contributed by atoms with van der Waals surface area (Å²) in [4.78, 5) is 52.6. The number of carbonyl (C=O) groups excluding carboxylic acids is 3. The van der Waals surface area contributed by atoms with E-state index in [1.807, 2.05) is 0 Å². The highest BCUT2D eigenvalue weighted by Crippen LogP contribution is 2.21. The van der Waals surface area contributed by atoms with Gasteiger partial charge in [-0.3, -0.25) is 19.4 Å². The number of carbonyl (C=O) groups is 4. The number of rotatable bonds is 7. The highest BCUT2D eigenvalue weighted by molar-refractivity contribution is 6.06. The molecule has 0 bridgehead atoms. The maximum Gasteiger partial charge on any atom is 0.326 e. The number of pyridine rings is 1. The number of benzene rings is 1. The van der Waals surface area contributed by atoms with Gasteiger partial charge < -0.3 is 19.9 Å². The van der Waals surface area contributed by atoms with Gasteiger partial charge in [-0.05, 0) is 12.1 Å². The number of para-hydroxylation sites is 1. The summed E-state index contributed by atoms with van der Waals surface area (Å²) in [5.74, 6) is -6.66. The Morgan fingerprint density at radius 2 is 1.64 bits per heavy atom. The number of amides is 1. The highest BCUT2D eigenvalue weighted by Gasteiger charge is 2.42. The van der Waals surface area contributed by atoms with Crippen LogP contribution in [0.2, 0.25) is 0 Å². The number of carboxylic acid groups (broad SMARTS) is 1. The SMILES string of the molecule is COC(=O)C(C(=O)OC)[C@@H](C)[C@@H](NC(=O)c1cccc2cccnc12)C(=O)O. The molecule has 2 aromatic rings. The van der Waals surface area contributed by atoms with Gasteiger partial charge in [0.1, 0.15) is 6.04 Å². The molecule has 0 aliphatic rings. The number of hydrogen-bond donors (Lipinski definition) is 2. The summed E-state index contributed by atoms with van der Waals surface area (Å²) in [7, 11) is 2.14. The molecule has 0 saturated carbocycles. The highest BCUT2D eigenvalue weighted by atomic mass is 16.5. The smallest absolute Gasteiger partial charge is 0.326 e. The van der Waals surface area contributed by atoms with Crippen LogP contribution in [0, 0.1) is 11.8 Å². The molecule has 2 rings (SSSR count). The molecule has 0 aliphatic heterocycles. The van der Waals surface area contributed by atoms with Gasteiger partial charge >= 0.3 is 17.9 Å². The van der Waals surface area contributed by atoms with E-state index in [1.54, 1.807) is 24.3 Å². The van der Waals surface area contributed by atoms with Crippen LogP contribution in [0.15, 0.2) is 36.5 Å². The molecular formula is C19H20N2O7. The molecule has 0 fully saturated rings. The molecule has 0 spiro atoms. The van der Waals surface area contributed by atoms with Crippen molar-refractivity contribution in [3.05, 3.63) is 42.1 Å². The van der Waals surface area contributed by atoms with E-state index in [0.717, 1.165) is 14.2 Å². The fourth-order valence-corrected chi connectivity index (χ4v) is 2.90. The summed E-state index contributed by atoms with van der Waals surface area (Å²) in [5, 5.41) is 12.7. The molecule has 1 amide bonds. The Balaban J connectivity index is 2.35. The zero-order valence-electron chi connectivity index (χ0n) is 15.5. The quantitative estimate of drug-likeness (QED) is 0.531. The molecule has 1 heterocycles. The maximum absolute atomic E-state index is 12.7. The topological polar surface area (TPSA) is 132 Å². The standard InChI is InChI=1S/C19H20N2O7/c1-10(13(18(25)27-2)19(26)28-3)14(17(23)24)21-16(22)12-8-4-6-11-7-5-9-20-15(11)12/h4-10,13-14H,1-3H3,(H,21,22)(H,23,24)/t10-,14-/m1/s1. The lowest BCUT2D eigenvalue weighted by Crippen LogP contribution is -2.50. The van der Waals surface area contributed by atoms with Crippen molar-refractivity contribution < 1.29 is 33.8 Å². The van der Waals surface area contributed by atoms with Gasteiger partial charge in [0.25, 0.3) is 5.91 Å². The Bertz CT molecular complexity index is 891. The Morgan fingerprint density at radius 3 is 2.21 bits per heavy atom. The number of carboxylic acids is 1. The number of esters is 2. The van der Waals surface area contributed by atoms with Crippen LogP contribution < -0.4 is 5.32 Å². The predicted octanol–water partition coefficient (Wildman–Crippen LogP) is 1.02. The fourth-order valence-electron chi connectivity index (χ4n) is 2.90. The summed E-state index contributed by atoms with van der Waals surface area (Å²) in [6.07, 6.45) is 1.51.